The van der Waals surface area contributed by atoms with E-state index < -0.39 is 0 Å². The summed E-state index contributed by atoms with van der Waals surface area (Å²) in [5.41, 5.74) is 2.87. The molecule has 4 nitrogen and oxygen atoms in total. The van der Waals surface area contributed by atoms with Crippen LogP contribution in [0.1, 0.15) is 36.3 Å². The predicted molar refractivity (Wildman–Crippen MR) is 106 cm³/mol. The van der Waals surface area contributed by atoms with E-state index in [0.29, 0.717) is 18.9 Å². The lowest BCUT2D eigenvalue weighted by Gasteiger charge is -2.04. The number of hydrogen-bond donors (Lipinski definition) is 0. The summed E-state index contributed by atoms with van der Waals surface area (Å²) in [5.74, 6) is 2.18. The first-order chi connectivity index (χ1) is 13.3. The van der Waals surface area contributed by atoms with Crippen LogP contribution in [-0.2, 0) is 6.61 Å². The molecule has 0 bridgehead atoms. The number of nitrogens with zero attached hydrogens (tertiary/aromatic N) is 2. The number of nitriles is 1. The second-order valence-corrected chi connectivity index (χ2v) is 6.20. The molecule has 136 valence electrons. The minimum absolute atomic E-state index is 0.367. The van der Waals surface area contributed by atoms with Crippen LogP contribution in [0.2, 0.25) is 0 Å². The van der Waals surface area contributed by atoms with Crippen molar-refractivity contribution in [2.24, 2.45) is 0 Å². The molecule has 1 heterocycles. The molecular weight excluding hydrogens is 336 g/mol. The highest BCUT2D eigenvalue weighted by molar-refractivity contribution is 5.53. The molecule has 0 radical (unpaired) electrons. The Bertz CT molecular complexity index is 919. The van der Waals surface area contributed by atoms with Gasteiger partial charge in [0.25, 0.3) is 0 Å². The van der Waals surface area contributed by atoms with Gasteiger partial charge in [-0.25, -0.2) is 4.98 Å². The van der Waals surface area contributed by atoms with E-state index >= 15 is 0 Å². The van der Waals surface area contributed by atoms with Crippen LogP contribution in [0.4, 0.5) is 0 Å². The van der Waals surface area contributed by atoms with Crippen molar-refractivity contribution in [2.75, 3.05) is 0 Å². The second kappa shape index (κ2) is 9.40. The van der Waals surface area contributed by atoms with Crippen LogP contribution in [0, 0.1) is 18.3 Å². The Morgan fingerprint density at radius 3 is 2.63 bits per heavy atom. The van der Waals surface area contributed by atoms with Crippen molar-refractivity contribution in [3.8, 4) is 23.3 Å². The molecule has 0 fully saturated rings. The van der Waals surface area contributed by atoms with Gasteiger partial charge in [-0.2, -0.15) is 5.26 Å². The molecule has 0 aliphatic carbocycles. The summed E-state index contributed by atoms with van der Waals surface area (Å²) in [6.45, 7) is 2.27. The van der Waals surface area contributed by atoms with Gasteiger partial charge in [0.1, 0.15) is 23.8 Å². The SMILES string of the molecule is Cc1oc(-c2ccccc2)nc1COc1ccc(/C=C/CCCC#N)cc1. The number of hydrogen-bond acceptors (Lipinski definition) is 4. The maximum atomic E-state index is 8.52. The number of ether oxygens (including phenoxy) is 1. The van der Waals surface area contributed by atoms with E-state index in [1.807, 2.05) is 61.5 Å². The van der Waals surface area contributed by atoms with Crippen LogP contribution in [0.3, 0.4) is 0 Å². The Kier molecular flexibility index (Phi) is 6.43. The van der Waals surface area contributed by atoms with Gasteiger partial charge < -0.3 is 9.15 Å². The summed E-state index contributed by atoms with van der Waals surface area (Å²) in [7, 11) is 0. The summed E-state index contributed by atoms with van der Waals surface area (Å²) in [6, 6.07) is 19.9. The van der Waals surface area contributed by atoms with Gasteiger partial charge in [0.2, 0.25) is 5.89 Å². The molecule has 3 rings (SSSR count). The summed E-state index contributed by atoms with van der Waals surface area (Å²) in [5, 5.41) is 8.52. The van der Waals surface area contributed by atoms with Gasteiger partial charge in [-0.1, -0.05) is 42.5 Å². The first-order valence-electron chi connectivity index (χ1n) is 9.04. The van der Waals surface area contributed by atoms with Crippen LogP contribution in [0.25, 0.3) is 17.5 Å². The average Bonchev–Trinajstić information content (AvgIpc) is 3.08. The molecule has 0 aliphatic heterocycles. The van der Waals surface area contributed by atoms with Gasteiger partial charge in [-0.3, -0.25) is 0 Å². The maximum absolute atomic E-state index is 8.52. The molecule has 0 aliphatic rings. The van der Waals surface area contributed by atoms with E-state index in [-0.39, 0.29) is 0 Å². The first kappa shape index (κ1) is 18.5. The number of rotatable bonds is 8. The first-order valence-corrected chi connectivity index (χ1v) is 9.04. The zero-order chi connectivity index (χ0) is 18.9. The van der Waals surface area contributed by atoms with E-state index in [2.05, 4.69) is 23.2 Å². The summed E-state index contributed by atoms with van der Waals surface area (Å²) in [4.78, 5) is 4.55. The number of allylic oxidation sites excluding steroid dienone is 1. The fourth-order valence-electron chi connectivity index (χ4n) is 2.61. The summed E-state index contributed by atoms with van der Waals surface area (Å²) < 4.78 is 11.6. The van der Waals surface area contributed by atoms with Crippen LogP contribution in [0.5, 0.6) is 5.75 Å². The fourth-order valence-corrected chi connectivity index (χ4v) is 2.61. The van der Waals surface area contributed by atoms with E-state index in [0.717, 1.165) is 41.2 Å². The van der Waals surface area contributed by atoms with Crippen LogP contribution >= 0.6 is 0 Å². The van der Waals surface area contributed by atoms with Gasteiger partial charge in [-0.05, 0) is 49.6 Å². The monoisotopic (exact) mass is 358 g/mol. The van der Waals surface area contributed by atoms with Gasteiger partial charge >= 0.3 is 0 Å². The molecule has 0 spiro atoms. The third-order valence-electron chi connectivity index (χ3n) is 4.14. The topological polar surface area (TPSA) is 59.1 Å². The van der Waals surface area contributed by atoms with E-state index in [9.17, 15) is 0 Å². The number of aromatic nitrogens is 1. The highest BCUT2D eigenvalue weighted by Gasteiger charge is 2.11. The van der Waals surface area contributed by atoms with Crippen LogP contribution < -0.4 is 4.74 Å². The fraction of sp³-hybridized carbons (Fsp3) is 0.217. The molecular formula is C23H22N2O2. The summed E-state index contributed by atoms with van der Waals surface area (Å²) >= 11 is 0. The molecule has 4 heteroatoms. The van der Waals surface area contributed by atoms with E-state index in [1.165, 1.54) is 0 Å². The third kappa shape index (κ3) is 5.32. The van der Waals surface area contributed by atoms with E-state index in [1.54, 1.807) is 0 Å². The zero-order valence-corrected chi connectivity index (χ0v) is 15.4. The van der Waals surface area contributed by atoms with Crippen molar-refractivity contribution in [1.29, 1.82) is 5.26 Å². The lowest BCUT2D eigenvalue weighted by Crippen LogP contribution is -1.97. The lowest BCUT2D eigenvalue weighted by atomic mass is 10.1. The quantitative estimate of drug-likeness (QED) is 0.468. The van der Waals surface area contributed by atoms with Crippen molar-refractivity contribution >= 4 is 6.08 Å². The van der Waals surface area contributed by atoms with Gasteiger partial charge in [0.15, 0.2) is 0 Å². The molecule has 3 aromatic rings. The molecule has 0 N–H and O–H groups in total. The van der Waals surface area contributed by atoms with E-state index in [4.69, 9.17) is 14.4 Å². The van der Waals surface area contributed by atoms with Crippen molar-refractivity contribution in [1.82, 2.24) is 4.98 Å². The molecule has 27 heavy (non-hydrogen) atoms. The Hall–Kier alpha value is -3.32. The number of aryl methyl sites for hydroxylation is 1. The Morgan fingerprint density at radius 1 is 1.11 bits per heavy atom. The Balaban J connectivity index is 1.56. The third-order valence-corrected chi connectivity index (χ3v) is 4.14. The van der Waals surface area contributed by atoms with Crippen molar-refractivity contribution in [2.45, 2.75) is 32.8 Å². The Morgan fingerprint density at radius 2 is 1.89 bits per heavy atom. The lowest BCUT2D eigenvalue weighted by molar-refractivity contribution is 0.299. The zero-order valence-electron chi connectivity index (χ0n) is 15.4. The van der Waals surface area contributed by atoms with Crippen molar-refractivity contribution < 1.29 is 9.15 Å². The average molecular weight is 358 g/mol. The smallest absolute Gasteiger partial charge is 0.226 e. The standard InChI is InChI=1S/C23H22N2O2/c1-18-22(25-23(27-18)20-10-6-4-7-11-20)17-26-21-14-12-19(13-15-21)9-5-2-3-8-16-24/h4-7,9-15H,2-3,8,17H2,1H3/b9-5+. The second-order valence-electron chi connectivity index (χ2n) is 6.20. The molecule has 0 saturated heterocycles. The highest BCUT2D eigenvalue weighted by Crippen LogP contribution is 2.23. The number of benzene rings is 2. The van der Waals surface area contributed by atoms with Crippen LogP contribution in [0.15, 0.2) is 65.1 Å². The maximum Gasteiger partial charge on any atom is 0.226 e. The molecule has 0 unspecified atom stereocenters. The molecule has 0 atom stereocenters. The summed E-state index contributed by atoms with van der Waals surface area (Å²) in [6.07, 6.45) is 6.58. The minimum Gasteiger partial charge on any atom is -0.487 e. The largest absolute Gasteiger partial charge is 0.487 e. The number of unbranched alkanes of at least 4 members (excludes halogenated alkanes) is 2. The molecule has 1 aromatic heterocycles. The van der Waals surface area contributed by atoms with Crippen molar-refractivity contribution in [3.05, 3.63) is 77.7 Å². The number of oxazole rings is 1. The minimum atomic E-state index is 0.367. The van der Waals surface area contributed by atoms with Crippen LogP contribution in [-0.4, -0.2) is 4.98 Å². The van der Waals surface area contributed by atoms with Gasteiger partial charge in [0, 0.05) is 12.0 Å². The predicted octanol–water partition coefficient (Wildman–Crippen LogP) is 5.94. The normalized spacial score (nSPS) is 10.8. The highest BCUT2D eigenvalue weighted by atomic mass is 16.5. The molecule has 0 amide bonds. The molecule has 0 saturated carbocycles. The van der Waals surface area contributed by atoms with Crippen molar-refractivity contribution in [3.63, 3.8) is 0 Å². The Labute approximate surface area is 159 Å². The molecule has 2 aromatic carbocycles. The van der Waals surface area contributed by atoms with Gasteiger partial charge in [0.05, 0.1) is 6.07 Å². The van der Waals surface area contributed by atoms with Gasteiger partial charge in [-0.15, -0.1) is 0 Å².